The third-order valence-corrected chi connectivity index (χ3v) is 5.35. The van der Waals surface area contributed by atoms with E-state index in [0.717, 1.165) is 17.5 Å². The van der Waals surface area contributed by atoms with Crippen molar-refractivity contribution in [3.05, 3.63) is 29.3 Å². The number of methoxy groups -OCH3 is 1. The molecule has 0 unspecified atom stereocenters. The molecule has 1 aliphatic carbocycles. The highest BCUT2D eigenvalue weighted by Gasteiger charge is 2.27. The number of ether oxygens (including phenoxy) is 1. The van der Waals surface area contributed by atoms with Gasteiger partial charge in [0.15, 0.2) is 5.11 Å². The number of nitrogens with one attached hydrogen (secondary N) is 3. The van der Waals surface area contributed by atoms with Crippen molar-refractivity contribution in [2.45, 2.75) is 52.5 Å². The fourth-order valence-electron chi connectivity index (χ4n) is 3.38. The molecule has 3 N–H and O–H groups in total. The van der Waals surface area contributed by atoms with Gasteiger partial charge in [0.05, 0.1) is 13.5 Å². The van der Waals surface area contributed by atoms with Crippen LogP contribution in [0.15, 0.2) is 18.2 Å². The van der Waals surface area contributed by atoms with E-state index in [9.17, 15) is 4.79 Å². The number of carbonyl (C=O) groups excluding carboxylic acids is 1. The van der Waals surface area contributed by atoms with Crippen molar-refractivity contribution in [3.8, 4) is 5.75 Å². The average Bonchev–Trinajstić information content (AvgIpc) is 2.57. The molecule has 0 aliphatic heterocycles. The summed E-state index contributed by atoms with van der Waals surface area (Å²) in [4.78, 5) is 12.2. The first kappa shape index (κ1) is 19.5. The molecule has 0 aromatic heterocycles. The molecule has 1 saturated carbocycles. The van der Waals surface area contributed by atoms with Gasteiger partial charge in [0.25, 0.3) is 0 Å². The molecule has 2 rings (SSSR count). The summed E-state index contributed by atoms with van der Waals surface area (Å²) in [7, 11) is 1.61. The number of thiocarbonyl (C=S) groups is 1. The van der Waals surface area contributed by atoms with Crippen molar-refractivity contribution in [2.24, 2.45) is 11.8 Å². The van der Waals surface area contributed by atoms with E-state index in [4.69, 9.17) is 17.0 Å². The number of carbonyl (C=O) groups is 1. The smallest absolute Gasteiger partial charge is 0.242 e. The molecule has 1 aromatic rings. The van der Waals surface area contributed by atoms with Crippen LogP contribution in [0.2, 0.25) is 0 Å². The Morgan fingerprint density at radius 3 is 2.76 bits per heavy atom. The zero-order valence-electron chi connectivity index (χ0n) is 15.5. The van der Waals surface area contributed by atoms with Crippen LogP contribution in [0.1, 0.15) is 44.2 Å². The standard InChI is InChI=1S/C19H29N3O2S/c1-12-8-9-17(24-4)15(10-12)11-18(23)21-22-19(25)20-16-7-5-6-13(2)14(16)3/h8-10,13-14,16H,5-7,11H2,1-4H3,(H,21,23)(H2,20,22,25)/t13-,14-,16-/m0/s1. The van der Waals surface area contributed by atoms with Crippen LogP contribution in [-0.2, 0) is 11.2 Å². The van der Waals surface area contributed by atoms with Gasteiger partial charge < -0.3 is 10.1 Å². The first-order valence-corrected chi connectivity index (χ1v) is 9.30. The average molecular weight is 364 g/mol. The summed E-state index contributed by atoms with van der Waals surface area (Å²) in [5, 5.41) is 3.80. The zero-order chi connectivity index (χ0) is 18.4. The summed E-state index contributed by atoms with van der Waals surface area (Å²) < 4.78 is 5.31. The fourth-order valence-corrected chi connectivity index (χ4v) is 3.58. The van der Waals surface area contributed by atoms with E-state index < -0.39 is 0 Å². The van der Waals surface area contributed by atoms with Gasteiger partial charge in [-0.1, -0.05) is 44.4 Å². The first-order valence-electron chi connectivity index (χ1n) is 8.89. The minimum Gasteiger partial charge on any atom is -0.496 e. The maximum atomic E-state index is 12.2. The summed E-state index contributed by atoms with van der Waals surface area (Å²) in [6, 6.07) is 6.16. The minimum atomic E-state index is -0.155. The molecule has 1 fully saturated rings. The first-order chi connectivity index (χ1) is 11.9. The van der Waals surface area contributed by atoms with Gasteiger partial charge in [0.2, 0.25) is 5.91 Å². The lowest BCUT2D eigenvalue weighted by atomic mass is 9.78. The Hall–Kier alpha value is -1.82. The molecule has 0 bridgehead atoms. The van der Waals surface area contributed by atoms with E-state index in [1.54, 1.807) is 7.11 Å². The molecule has 0 heterocycles. The van der Waals surface area contributed by atoms with E-state index in [0.29, 0.717) is 28.7 Å². The number of rotatable bonds is 4. The number of hydrogen-bond acceptors (Lipinski definition) is 3. The lowest BCUT2D eigenvalue weighted by Gasteiger charge is -2.35. The van der Waals surface area contributed by atoms with Crippen molar-refractivity contribution in [1.82, 2.24) is 16.2 Å². The van der Waals surface area contributed by atoms with Crippen LogP contribution in [0.4, 0.5) is 0 Å². The van der Waals surface area contributed by atoms with Gasteiger partial charge in [-0.15, -0.1) is 0 Å². The lowest BCUT2D eigenvalue weighted by molar-refractivity contribution is -0.121. The van der Waals surface area contributed by atoms with Crippen LogP contribution >= 0.6 is 12.2 Å². The Morgan fingerprint density at radius 1 is 1.28 bits per heavy atom. The van der Waals surface area contributed by atoms with E-state index in [1.165, 1.54) is 12.8 Å². The Bertz CT molecular complexity index is 621. The molecule has 1 aromatic carbocycles. The van der Waals surface area contributed by atoms with Gasteiger partial charge in [0.1, 0.15) is 5.75 Å². The Morgan fingerprint density at radius 2 is 2.04 bits per heavy atom. The monoisotopic (exact) mass is 363 g/mol. The molecule has 3 atom stereocenters. The van der Waals surface area contributed by atoms with Crippen LogP contribution in [0.25, 0.3) is 0 Å². The number of hydrogen-bond donors (Lipinski definition) is 3. The van der Waals surface area contributed by atoms with Gasteiger partial charge in [-0.3, -0.25) is 15.6 Å². The highest BCUT2D eigenvalue weighted by atomic mass is 32.1. The molecular weight excluding hydrogens is 334 g/mol. The van der Waals surface area contributed by atoms with E-state index >= 15 is 0 Å². The van der Waals surface area contributed by atoms with Crippen LogP contribution in [-0.4, -0.2) is 24.2 Å². The molecule has 0 spiro atoms. The second-order valence-corrected chi connectivity index (χ2v) is 7.42. The van der Waals surface area contributed by atoms with Crippen LogP contribution in [0, 0.1) is 18.8 Å². The molecular formula is C19H29N3O2S. The molecule has 1 amide bonds. The number of amides is 1. The predicted molar refractivity (Wildman–Crippen MR) is 104 cm³/mol. The van der Waals surface area contributed by atoms with Crippen molar-refractivity contribution < 1.29 is 9.53 Å². The molecule has 6 heteroatoms. The lowest BCUT2D eigenvalue weighted by Crippen LogP contribution is -2.52. The van der Waals surface area contributed by atoms with Crippen LogP contribution in [0.3, 0.4) is 0 Å². The van der Waals surface area contributed by atoms with Gasteiger partial charge in [-0.2, -0.15) is 0 Å². The van der Waals surface area contributed by atoms with Gasteiger partial charge in [0, 0.05) is 11.6 Å². The number of benzene rings is 1. The van der Waals surface area contributed by atoms with Crippen molar-refractivity contribution in [3.63, 3.8) is 0 Å². The van der Waals surface area contributed by atoms with Crippen molar-refractivity contribution in [2.75, 3.05) is 7.11 Å². The van der Waals surface area contributed by atoms with E-state index in [-0.39, 0.29) is 12.3 Å². The van der Waals surface area contributed by atoms with E-state index in [2.05, 4.69) is 30.0 Å². The van der Waals surface area contributed by atoms with E-state index in [1.807, 2.05) is 25.1 Å². The SMILES string of the molecule is COc1ccc(C)cc1CC(=O)NNC(=S)N[C@H]1CCC[C@H](C)[C@@H]1C. The second-order valence-electron chi connectivity index (χ2n) is 7.01. The summed E-state index contributed by atoms with van der Waals surface area (Å²) in [6.07, 6.45) is 3.83. The highest BCUT2D eigenvalue weighted by molar-refractivity contribution is 7.80. The van der Waals surface area contributed by atoms with Crippen LogP contribution < -0.4 is 20.9 Å². The molecule has 5 nitrogen and oxygen atoms in total. The third kappa shape index (κ3) is 5.59. The third-order valence-electron chi connectivity index (χ3n) is 5.13. The van der Waals surface area contributed by atoms with Gasteiger partial charge in [-0.05, 0) is 43.5 Å². The molecule has 138 valence electrons. The number of aryl methyl sites for hydroxylation is 1. The van der Waals surface area contributed by atoms with Crippen molar-refractivity contribution in [1.29, 1.82) is 0 Å². The van der Waals surface area contributed by atoms with Gasteiger partial charge >= 0.3 is 0 Å². The predicted octanol–water partition coefficient (Wildman–Crippen LogP) is 2.87. The van der Waals surface area contributed by atoms with Crippen LogP contribution in [0.5, 0.6) is 5.75 Å². The summed E-state index contributed by atoms with van der Waals surface area (Å²) in [5.41, 5.74) is 7.44. The van der Waals surface area contributed by atoms with Gasteiger partial charge in [-0.25, -0.2) is 0 Å². The summed E-state index contributed by atoms with van der Waals surface area (Å²) in [5.74, 6) is 1.82. The molecule has 25 heavy (non-hydrogen) atoms. The summed E-state index contributed by atoms with van der Waals surface area (Å²) in [6.45, 7) is 6.53. The maximum absolute atomic E-state index is 12.2. The fraction of sp³-hybridized carbons (Fsp3) is 0.579. The zero-order valence-corrected chi connectivity index (χ0v) is 16.3. The molecule has 0 saturated heterocycles. The Kier molecular flexibility index (Phi) is 7.05. The molecule has 1 aliphatic rings. The molecule has 0 radical (unpaired) electrons. The highest BCUT2D eigenvalue weighted by Crippen LogP contribution is 2.29. The maximum Gasteiger partial charge on any atom is 0.242 e. The quantitative estimate of drug-likeness (QED) is 0.567. The largest absolute Gasteiger partial charge is 0.496 e. The normalized spacial score (nSPS) is 22.8. The number of hydrazine groups is 1. The Labute approximate surface area is 155 Å². The Balaban J connectivity index is 1.81. The second kappa shape index (κ2) is 9.04. The summed E-state index contributed by atoms with van der Waals surface area (Å²) >= 11 is 5.32. The minimum absolute atomic E-state index is 0.155. The topological polar surface area (TPSA) is 62.4 Å². The van der Waals surface area contributed by atoms with Crippen molar-refractivity contribution >= 4 is 23.2 Å².